The summed E-state index contributed by atoms with van der Waals surface area (Å²) in [6.45, 7) is 2.24. The molecule has 3 aromatic heterocycles. The Hall–Kier alpha value is -3.73. The van der Waals surface area contributed by atoms with Crippen LogP contribution >= 0.6 is 0 Å². The van der Waals surface area contributed by atoms with Crippen LogP contribution in [0.1, 0.15) is 34.2 Å². The molecule has 1 saturated carbocycles. The molecular weight excluding hydrogens is 400 g/mol. The predicted octanol–water partition coefficient (Wildman–Crippen LogP) is 0.588. The molecule has 1 aliphatic heterocycles. The lowest BCUT2D eigenvalue weighted by Gasteiger charge is -2.20. The second-order valence-electron chi connectivity index (χ2n) is 7.71. The van der Waals surface area contributed by atoms with Crippen molar-refractivity contribution < 1.29 is 14.7 Å². The fraction of sp³-hybridized carbons (Fsp3) is 0.350. The van der Waals surface area contributed by atoms with Crippen molar-refractivity contribution in [1.29, 1.82) is 0 Å². The van der Waals surface area contributed by atoms with Gasteiger partial charge in [-0.25, -0.2) is 15.0 Å². The smallest absolute Gasteiger partial charge is 0.275 e. The minimum atomic E-state index is -0.543. The van der Waals surface area contributed by atoms with Gasteiger partial charge in [0.2, 0.25) is 11.9 Å². The van der Waals surface area contributed by atoms with Crippen LogP contribution in [0.5, 0.6) is 0 Å². The molecular formula is C20H20N8O3. The fourth-order valence-corrected chi connectivity index (χ4v) is 3.89. The molecule has 4 heterocycles. The summed E-state index contributed by atoms with van der Waals surface area (Å²) in [5, 5.41) is 17.0. The van der Waals surface area contributed by atoms with Crippen molar-refractivity contribution in [1.82, 2.24) is 29.7 Å². The van der Waals surface area contributed by atoms with Crippen LogP contribution in [-0.4, -0.2) is 59.8 Å². The number of rotatable bonds is 6. The number of anilines is 2. The summed E-state index contributed by atoms with van der Waals surface area (Å²) in [7, 11) is 0. The number of hydrogen-bond acceptors (Lipinski definition) is 8. The van der Waals surface area contributed by atoms with E-state index in [1.807, 2.05) is 6.92 Å². The van der Waals surface area contributed by atoms with Gasteiger partial charge in [0.1, 0.15) is 11.7 Å². The van der Waals surface area contributed by atoms with E-state index in [2.05, 4.69) is 30.4 Å². The number of nitrogens with one attached hydrogen (secondary N) is 1. The molecule has 1 saturated heterocycles. The Morgan fingerprint density at radius 2 is 2.16 bits per heavy atom. The normalized spacial score (nSPS) is 20.5. The summed E-state index contributed by atoms with van der Waals surface area (Å²) in [5.74, 6) is 0.638. The Morgan fingerprint density at radius 3 is 2.84 bits per heavy atom. The minimum absolute atomic E-state index is 0.0893. The maximum Gasteiger partial charge on any atom is 0.275 e. The molecule has 2 fully saturated rings. The lowest BCUT2D eigenvalue weighted by molar-refractivity contribution is -0.118. The van der Waals surface area contributed by atoms with E-state index in [0.29, 0.717) is 35.4 Å². The number of aromatic nitrogens is 6. The number of hydrogen-bond donors (Lipinski definition) is 2. The van der Waals surface area contributed by atoms with Crippen LogP contribution in [0.4, 0.5) is 11.6 Å². The molecule has 1 aliphatic carbocycles. The molecule has 31 heavy (non-hydrogen) atoms. The van der Waals surface area contributed by atoms with Gasteiger partial charge >= 0.3 is 0 Å². The van der Waals surface area contributed by atoms with Crippen molar-refractivity contribution in [3.63, 3.8) is 0 Å². The van der Waals surface area contributed by atoms with E-state index in [-0.39, 0.29) is 24.1 Å². The molecule has 11 nitrogen and oxygen atoms in total. The molecule has 11 heteroatoms. The summed E-state index contributed by atoms with van der Waals surface area (Å²) in [5.41, 5.74) is 1.96. The van der Waals surface area contributed by atoms with Gasteiger partial charge in [-0.05, 0) is 19.3 Å². The minimum Gasteiger partial charge on any atom is -0.394 e. The lowest BCUT2D eigenvalue weighted by atomic mass is 10.1. The van der Waals surface area contributed by atoms with Gasteiger partial charge in [0.15, 0.2) is 0 Å². The first-order chi connectivity index (χ1) is 15.0. The monoisotopic (exact) mass is 420 g/mol. The summed E-state index contributed by atoms with van der Waals surface area (Å²) in [4.78, 5) is 42.9. The van der Waals surface area contributed by atoms with Gasteiger partial charge in [-0.3, -0.25) is 24.2 Å². The maximum absolute atomic E-state index is 12.3. The second kappa shape index (κ2) is 7.51. The van der Waals surface area contributed by atoms with Crippen LogP contribution < -0.4 is 10.2 Å². The Morgan fingerprint density at radius 1 is 1.29 bits per heavy atom. The fourth-order valence-electron chi connectivity index (χ4n) is 3.89. The quantitative estimate of drug-likeness (QED) is 0.591. The van der Waals surface area contributed by atoms with Crippen molar-refractivity contribution in [2.45, 2.75) is 19.4 Å². The number of carbonyl (C=O) groups excluding carboxylic acids is 2. The molecule has 0 unspecified atom stereocenters. The van der Waals surface area contributed by atoms with E-state index < -0.39 is 11.9 Å². The van der Waals surface area contributed by atoms with Crippen LogP contribution in [0.25, 0.3) is 0 Å². The Kier molecular flexibility index (Phi) is 4.66. The third-order valence-corrected chi connectivity index (χ3v) is 5.68. The first-order valence-corrected chi connectivity index (χ1v) is 9.92. The van der Waals surface area contributed by atoms with Gasteiger partial charge < -0.3 is 10.4 Å². The van der Waals surface area contributed by atoms with Crippen LogP contribution in [-0.2, 0) is 4.79 Å². The summed E-state index contributed by atoms with van der Waals surface area (Å²) < 4.78 is 1.54. The summed E-state index contributed by atoms with van der Waals surface area (Å²) in [6.07, 6.45) is 9.97. The molecule has 2 aliphatic rings. The largest absolute Gasteiger partial charge is 0.394 e. The molecule has 5 rings (SSSR count). The molecule has 0 spiro atoms. The molecule has 2 amide bonds. The number of carbonyl (C=O) groups is 2. The number of aliphatic hydroxyl groups is 1. The van der Waals surface area contributed by atoms with Crippen molar-refractivity contribution in [2.24, 2.45) is 11.8 Å². The van der Waals surface area contributed by atoms with E-state index in [4.69, 9.17) is 0 Å². The first-order valence-electron chi connectivity index (χ1n) is 9.92. The molecule has 158 valence electrons. The van der Waals surface area contributed by atoms with Crippen LogP contribution in [0, 0.1) is 18.8 Å². The average Bonchev–Trinajstić information content (AvgIpc) is 3.29. The third kappa shape index (κ3) is 3.52. The number of aryl methyl sites for hydroxylation is 1. The van der Waals surface area contributed by atoms with Crippen LogP contribution in [0.3, 0.4) is 0 Å². The van der Waals surface area contributed by atoms with E-state index >= 15 is 0 Å². The lowest BCUT2D eigenvalue weighted by Crippen LogP contribution is -2.30. The number of aliphatic hydroxyl groups excluding tert-OH is 1. The molecule has 0 bridgehead atoms. The highest BCUT2D eigenvalue weighted by Crippen LogP contribution is 2.46. The molecule has 3 atom stereocenters. The van der Waals surface area contributed by atoms with Gasteiger partial charge in [-0.15, -0.1) is 0 Å². The SMILES string of the molecule is Cc1nc(N2C[C@@H]3C[C@@H]3C2=O)ncc1[C@H](CO)n1cc(NC(=O)c2cnccn2)cn1. The topological polar surface area (TPSA) is 139 Å². The van der Waals surface area contributed by atoms with E-state index in [1.54, 1.807) is 17.3 Å². The Labute approximate surface area is 177 Å². The van der Waals surface area contributed by atoms with Crippen molar-refractivity contribution >= 4 is 23.5 Å². The van der Waals surface area contributed by atoms with E-state index in [9.17, 15) is 14.7 Å². The van der Waals surface area contributed by atoms with Crippen LogP contribution in [0.15, 0.2) is 37.2 Å². The first kappa shape index (κ1) is 19.2. The van der Waals surface area contributed by atoms with Crippen molar-refractivity contribution in [2.75, 3.05) is 23.4 Å². The average molecular weight is 420 g/mol. The third-order valence-electron chi connectivity index (χ3n) is 5.68. The van der Waals surface area contributed by atoms with Crippen molar-refractivity contribution in [3.05, 3.63) is 54.1 Å². The zero-order valence-electron chi connectivity index (χ0n) is 16.7. The molecule has 3 aromatic rings. The van der Waals surface area contributed by atoms with Gasteiger partial charge in [0.25, 0.3) is 5.91 Å². The number of piperidine rings is 1. The standard InChI is InChI=1S/C20H20N8O3/c1-11-15(6-23-20(25-11)27-8-12-4-14(12)19(27)31)17(10-29)28-9-13(5-24-28)26-18(30)16-7-21-2-3-22-16/h2-3,5-7,9,12,14,17,29H,4,8,10H2,1H3,(H,26,30)/t12-,14-,17-/m0/s1. The van der Waals surface area contributed by atoms with Crippen molar-refractivity contribution in [3.8, 4) is 0 Å². The highest BCUT2D eigenvalue weighted by molar-refractivity contribution is 6.02. The highest BCUT2D eigenvalue weighted by atomic mass is 16.3. The second-order valence-corrected chi connectivity index (χ2v) is 7.71. The zero-order valence-corrected chi connectivity index (χ0v) is 16.7. The number of amides is 2. The summed E-state index contributed by atoms with van der Waals surface area (Å²) in [6, 6.07) is -0.543. The summed E-state index contributed by atoms with van der Waals surface area (Å²) >= 11 is 0. The molecule has 0 aromatic carbocycles. The van der Waals surface area contributed by atoms with Gasteiger partial charge in [-0.2, -0.15) is 5.10 Å². The highest BCUT2D eigenvalue weighted by Gasteiger charge is 2.53. The number of fused-ring (bicyclic) bond motifs is 1. The van der Waals surface area contributed by atoms with Gasteiger partial charge in [0.05, 0.1) is 24.7 Å². The van der Waals surface area contributed by atoms with Gasteiger partial charge in [-0.1, -0.05) is 0 Å². The zero-order chi connectivity index (χ0) is 21.5. The van der Waals surface area contributed by atoms with Gasteiger partial charge in [0, 0.05) is 48.5 Å². The van der Waals surface area contributed by atoms with Crippen LogP contribution in [0.2, 0.25) is 0 Å². The predicted molar refractivity (Wildman–Crippen MR) is 108 cm³/mol. The Bertz CT molecular complexity index is 1150. The van der Waals surface area contributed by atoms with E-state index in [0.717, 1.165) is 6.42 Å². The van der Waals surface area contributed by atoms with E-state index in [1.165, 1.54) is 29.5 Å². The number of nitrogens with zero attached hydrogens (tertiary/aromatic N) is 7. The maximum atomic E-state index is 12.3. The Balaban J connectivity index is 1.34. The molecule has 2 N–H and O–H groups in total. The molecule has 0 radical (unpaired) electrons.